The summed E-state index contributed by atoms with van der Waals surface area (Å²) >= 11 is 1.73. The number of hydrogen-bond donors (Lipinski definition) is 0. The molecular weight excluding hydrogens is 448 g/mol. The minimum atomic E-state index is -0.282. The van der Waals surface area contributed by atoms with Gasteiger partial charge >= 0.3 is 0 Å². The van der Waals surface area contributed by atoms with Crippen molar-refractivity contribution in [1.29, 1.82) is 0 Å². The largest absolute Gasteiger partial charge is 0.497 e. The van der Waals surface area contributed by atoms with E-state index in [0.717, 1.165) is 17.5 Å². The maximum atomic E-state index is 13.6. The number of carbonyl (C=O) groups excluding carboxylic acids is 2. The van der Waals surface area contributed by atoms with E-state index in [1.54, 1.807) is 35.6 Å². The number of rotatable bonds is 8. The predicted molar refractivity (Wildman–Crippen MR) is 134 cm³/mol. The Hall–Kier alpha value is -3.58. The molecule has 1 aromatic heterocycles. The monoisotopic (exact) mass is 476 g/mol. The molecule has 4 rings (SSSR count). The van der Waals surface area contributed by atoms with Crippen LogP contribution < -0.4 is 9.47 Å². The van der Waals surface area contributed by atoms with E-state index in [-0.39, 0.29) is 30.9 Å². The number of benzene rings is 2. The van der Waals surface area contributed by atoms with Gasteiger partial charge in [0.2, 0.25) is 5.91 Å². The summed E-state index contributed by atoms with van der Waals surface area (Å²) in [5.74, 6) is 0.640. The van der Waals surface area contributed by atoms with Crippen LogP contribution in [0.5, 0.6) is 11.5 Å². The third-order valence-corrected chi connectivity index (χ3v) is 6.96. The minimum Gasteiger partial charge on any atom is -0.497 e. The van der Waals surface area contributed by atoms with Crippen LogP contribution in [-0.2, 0) is 11.2 Å². The molecule has 0 spiro atoms. The molecule has 176 valence electrons. The summed E-state index contributed by atoms with van der Waals surface area (Å²) in [6.45, 7) is 4.59. The summed E-state index contributed by atoms with van der Waals surface area (Å²) in [6.07, 6.45) is 2.44. The van der Waals surface area contributed by atoms with Crippen molar-refractivity contribution >= 4 is 23.2 Å². The highest BCUT2D eigenvalue weighted by Gasteiger charge is 2.34. The number of nitrogens with zero attached hydrogens (tertiary/aromatic N) is 2. The summed E-state index contributed by atoms with van der Waals surface area (Å²) in [5.41, 5.74) is 2.62. The molecule has 34 heavy (non-hydrogen) atoms. The van der Waals surface area contributed by atoms with E-state index in [9.17, 15) is 9.59 Å². The Morgan fingerprint density at radius 3 is 2.47 bits per heavy atom. The Morgan fingerprint density at radius 2 is 1.82 bits per heavy atom. The SMILES string of the molecule is C=CCN(CC(=O)N1CCc2sccc2C1c1ccccc1)C(=O)c1cc(OC)cc(OC)c1. The van der Waals surface area contributed by atoms with Gasteiger partial charge in [0.1, 0.15) is 18.0 Å². The number of amides is 2. The van der Waals surface area contributed by atoms with Crippen LogP contribution in [0.3, 0.4) is 0 Å². The maximum absolute atomic E-state index is 13.6. The number of hydrogen-bond acceptors (Lipinski definition) is 5. The molecule has 6 nitrogen and oxygen atoms in total. The lowest BCUT2D eigenvalue weighted by atomic mass is 9.93. The second-order valence-electron chi connectivity index (χ2n) is 8.03. The zero-order valence-electron chi connectivity index (χ0n) is 19.4. The van der Waals surface area contributed by atoms with E-state index >= 15 is 0 Å². The van der Waals surface area contributed by atoms with Crippen molar-refractivity contribution in [1.82, 2.24) is 9.80 Å². The van der Waals surface area contributed by atoms with Gasteiger partial charge in [0.25, 0.3) is 5.91 Å². The van der Waals surface area contributed by atoms with E-state index in [1.807, 2.05) is 35.2 Å². The molecule has 7 heteroatoms. The summed E-state index contributed by atoms with van der Waals surface area (Å²) in [5, 5.41) is 2.08. The van der Waals surface area contributed by atoms with Gasteiger partial charge in [-0.1, -0.05) is 36.4 Å². The first-order chi connectivity index (χ1) is 16.5. The second-order valence-corrected chi connectivity index (χ2v) is 9.03. The van der Waals surface area contributed by atoms with Gasteiger partial charge in [0.15, 0.2) is 0 Å². The predicted octanol–water partition coefficient (Wildman–Crippen LogP) is 4.57. The van der Waals surface area contributed by atoms with Crippen LogP contribution in [0.4, 0.5) is 0 Å². The molecule has 0 saturated heterocycles. The lowest BCUT2D eigenvalue weighted by Crippen LogP contribution is -2.46. The highest BCUT2D eigenvalue weighted by Crippen LogP contribution is 2.37. The van der Waals surface area contributed by atoms with Crippen LogP contribution in [0, 0.1) is 0 Å². The van der Waals surface area contributed by atoms with E-state index in [1.165, 1.54) is 24.0 Å². The molecular formula is C27H28N2O4S. The first kappa shape index (κ1) is 23.6. The Kier molecular flexibility index (Phi) is 7.33. The Balaban J connectivity index is 1.61. The minimum absolute atomic E-state index is 0.0484. The lowest BCUT2D eigenvalue weighted by molar-refractivity contribution is -0.133. The van der Waals surface area contributed by atoms with Crippen LogP contribution in [-0.4, -0.2) is 55.5 Å². The van der Waals surface area contributed by atoms with Gasteiger partial charge in [-0.2, -0.15) is 0 Å². The lowest BCUT2D eigenvalue weighted by Gasteiger charge is -2.37. The molecule has 1 unspecified atom stereocenters. The van der Waals surface area contributed by atoms with Crippen LogP contribution in [0.2, 0.25) is 0 Å². The molecule has 0 radical (unpaired) electrons. The average molecular weight is 477 g/mol. The Labute approximate surface area is 204 Å². The van der Waals surface area contributed by atoms with Crippen LogP contribution in [0.1, 0.15) is 32.4 Å². The van der Waals surface area contributed by atoms with Crippen molar-refractivity contribution in [3.05, 3.63) is 94.2 Å². The molecule has 2 aromatic carbocycles. The third kappa shape index (κ3) is 4.84. The highest BCUT2D eigenvalue weighted by atomic mass is 32.1. The zero-order chi connectivity index (χ0) is 24.1. The summed E-state index contributed by atoms with van der Waals surface area (Å²) in [7, 11) is 3.07. The first-order valence-electron chi connectivity index (χ1n) is 11.1. The van der Waals surface area contributed by atoms with E-state index in [2.05, 4.69) is 18.0 Å². The number of carbonyl (C=O) groups is 2. The molecule has 1 aliphatic rings. The number of thiophene rings is 1. The van der Waals surface area contributed by atoms with Crippen molar-refractivity contribution in [2.24, 2.45) is 0 Å². The summed E-state index contributed by atoms with van der Waals surface area (Å²) in [4.78, 5) is 31.7. The molecule has 0 aliphatic carbocycles. The molecule has 2 heterocycles. The molecule has 2 amide bonds. The fourth-order valence-corrected chi connectivity index (χ4v) is 5.23. The molecule has 0 bridgehead atoms. The van der Waals surface area contributed by atoms with Gasteiger partial charge in [-0.15, -0.1) is 17.9 Å². The first-order valence-corrected chi connectivity index (χ1v) is 12.0. The fourth-order valence-electron chi connectivity index (χ4n) is 4.32. The van der Waals surface area contributed by atoms with Crippen molar-refractivity contribution in [3.63, 3.8) is 0 Å². The highest BCUT2D eigenvalue weighted by molar-refractivity contribution is 7.10. The Bertz CT molecular complexity index is 1150. The molecule has 0 saturated carbocycles. The molecule has 3 aromatic rings. The third-order valence-electron chi connectivity index (χ3n) is 5.96. The van der Waals surface area contributed by atoms with Gasteiger partial charge in [0.05, 0.1) is 20.3 Å². The van der Waals surface area contributed by atoms with Gasteiger partial charge in [-0.3, -0.25) is 9.59 Å². The van der Waals surface area contributed by atoms with Gasteiger partial charge in [-0.05, 0) is 41.1 Å². The van der Waals surface area contributed by atoms with Gasteiger partial charge < -0.3 is 19.3 Å². The van der Waals surface area contributed by atoms with Crippen LogP contribution in [0.25, 0.3) is 0 Å². The van der Waals surface area contributed by atoms with Crippen LogP contribution >= 0.6 is 11.3 Å². The average Bonchev–Trinajstić information content (AvgIpc) is 3.36. The van der Waals surface area contributed by atoms with Crippen molar-refractivity contribution < 1.29 is 19.1 Å². The quantitative estimate of drug-likeness (QED) is 0.447. The molecule has 1 aliphatic heterocycles. The molecule has 1 atom stereocenters. The van der Waals surface area contributed by atoms with Crippen molar-refractivity contribution in [3.8, 4) is 11.5 Å². The molecule has 0 fully saturated rings. The van der Waals surface area contributed by atoms with E-state index in [0.29, 0.717) is 23.6 Å². The fraction of sp³-hybridized carbons (Fsp3) is 0.259. The number of methoxy groups -OCH3 is 2. The topological polar surface area (TPSA) is 59.1 Å². The maximum Gasteiger partial charge on any atom is 0.254 e. The van der Waals surface area contributed by atoms with Crippen molar-refractivity contribution in [2.75, 3.05) is 33.9 Å². The van der Waals surface area contributed by atoms with Crippen LogP contribution in [0.15, 0.2) is 72.6 Å². The number of fused-ring (bicyclic) bond motifs is 1. The molecule has 0 N–H and O–H groups in total. The van der Waals surface area contributed by atoms with E-state index in [4.69, 9.17) is 9.47 Å². The summed E-state index contributed by atoms with van der Waals surface area (Å²) in [6, 6.07) is 17.0. The Morgan fingerprint density at radius 1 is 1.12 bits per heavy atom. The summed E-state index contributed by atoms with van der Waals surface area (Å²) < 4.78 is 10.6. The van der Waals surface area contributed by atoms with Crippen molar-refractivity contribution in [2.45, 2.75) is 12.5 Å². The van der Waals surface area contributed by atoms with Gasteiger partial charge in [-0.25, -0.2) is 0 Å². The normalized spacial score (nSPS) is 14.8. The zero-order valence-corrected chi connectivity index (χ0v) is 20.2. The number of ether oxygens (including phenoxy) is 2. The van der Waals surface area contributed by atoms with Gasteiger partial charge in [0, 0.05) is 29.6 Å². The smallest absolute Gasteiger partial charge is 0.254 e. The van der Waals surface area contributed by atoms with E-state index < -0.39 is 0 Å². The standard InChI is InChI=1S/C27H28N2O4S/c1-4-12-28(27(31)20-15-21(32-2)17-22(16-20)33-3)18-25(30)29-13-10-24-23(11-14-34-24)26(29)19-8-6-5-7-9-19/h4-9,11,14-17,26H,1,10,12-13,18H2,2-3H3. The second kappa shape index (κ2) is 10.6.